The van der Waals surface area contributed by atoms with Gasteiger partial charge in [0.1, 0.15) is 5.01 Å². The zero-order valence-electron chi connectivity index (χ0n) is 17.9. The highest BCUT2D eigenvalue weighted by atomic mass is 32.1. The molecule has 0 aliphatic carbocycles. The van der Waals surface area contributed by atoms with Crippen LogP contribution in [0.2, 0.25) is 0 Å². The second-order valence-electron chi connectivity index (χ2n) is 6.83. The fourth-order valence-corrected chi connectivity index (χ4v) is 4.19. The Morgan fingerprint density at radius 1 is 0.970 bits per heavy atom. The number of hydrogen-bond acceptors (Lipinski definition) is 8. The molecule has 33 heavy (non-hydrogen) atoms. The van der Waals surface area contributed by atoms with E-state index in [-0.39, 0.29) is 11.1 Å². The maximum atomic E-state index is 13.0. The molecule has 0 aliphatic rings. The number of aromatic nitrogens is 2. The average molecular weight is 465 g/mol. The number of nitrogens with zero attached hydrogens (tertiary/aromatic N) is 2. The quantitative estimate of drug-likeness (QED) is 0.414. The standard InChI is InChI=1S/C23H19N3O6S/c1-30-17-9-12(10-18(31-2)20(17)32-3)21(27)25-15-7-13(6-14(8-15)23(28)29)22-26-16-4-5-24-11-19(16)33-22/h4-11H,1-3H3,(H,25,27)(H,28,29). The Morgan fingerprint density at radius 2 is 1.70 bits per heavy atom. The van der Waals surface area contributed by atoms with Crippen LogP contribution in [0.15, 0.2) is 48.8 Å². The molecule has 2 N–H and O–H groups in total. The smallest absolute Gasteiger partial charge is 0.335 e. The van der Waals surface area contributed by atoms with Gasteiger partial charge in [0.25, 0.3) is 5.91 Å². The molecule has 10 heteroatoms. The number of benzene rings is 2. The third-order valence-electron chi connectivity index (χ3n) is 4.80. The SMILES string of the molecule is COc1cc(C(=O)Nc2cc(C(=O)O)cc(-c3nc4ccncc4s3)c2)cc(OC)c1OC. The summed E-state index contributed by atoms with van der Waals surface area (Å²) in [5.74, 6) is -0.591. The van der Waals surface area contributed by atoms with Crippen molar-refractivity contribution in [2.24, 2.45) is 0 Å². The first-order valence-electron chi connectivity index (χ1n) is 9.64. The molecule has 0 radical (unpaired) electrons. The fourth-order valence-electron chi connectivity index (χ4n) is 3.27. The highest BCUT2D eigenvalue weighted by Gasteiger charge is 2.18. The maximum Gasteiger partial charge on any atom is 0.335 e. The number of carboxylic acid groups (broad SMARTS) is 1. The van der Waals surface area contributed by atoms with Crippen LogP contribution in [0.5, 0.6) is 17.2 Å². The van der Waals surface area contributed by atoms with Crippen LogP contribution in [0.25, 0.3) is 20.8 Å². The molecule has 0 saturated heterocycles. The van der Waals surface area contributed by atoms with Crippen molar-refractivity contribution in [3.63, 3.8) is 0 Å². The number of methoxy groups -OCH3 is 3. The van der Waals surface area contributed by atoms with Crippen molar-refractivity contribution >= 4 is 39.1 Å². The zero-order chi connectivity index (χ0) is 23.5. The largest absolute Gasteiger partial charge is 0.493 e. The highest BCUT2D eigenvalue weighted by molar-refractivity contribution is 7.21. The predicted octanol–water partition coefficient (Wildman–Crippen LogP) is 4.33. The van der Waals surface area contributed by atoms with Crippen molar-refractivity contribution in [3.05, 3.63) is 59.9 Å². The van der Waals surface area contributed by atoms with Crippen molar-refractivity contribution < 1.29 is 28.9 Å². The second-order valence-corrected chi connectivity index (χ2v) is 7.87. The Balaban J connectivity index is 1.72. The van der Waals surface area contributed by atoms with Gasteiger partial charge in [0, 0.05) is 29.2 Å². The summed E-state index contributed by atoms with van der Waals surface area (Å²) in [4.78, 5) is 33.3. The summed E-state index contributed by atoms with van der Waals surface area (Å²) >= 11 is 1.38. The van der Waals surface area contributed by atoms with Crippen LogP contribution in [-0.4, -0.2) is 48.3 Å². The molecule has 2 aromatic carbocycles. The van der Waals surface area contributed by atoms with E-state index in [1.54, 1.807) is 24.5 Å². The van der Waals surface area contributed by atoms with Gasteiger partial charge in [-0.1, -0.05) is 0 Å². The first kappa shape index (κ1) is 22.0. The van der Waals surface area contributed by atoms with Gasteiger partial charge < -0.3 is 24.6 Å². The summed E-state index contributed by atoms with van der Waals surface area (Å²) in [6, 6.07) is 9.38. The molecular weight excluding hydrogens is 446 g/mol. The number of hydrogen-bond donors (Lipinski definition) is 2. The number of carbonyl (C=O) groups is 2. The number of pyridine rings is 1. The van der Waals surface area contributed by atoms with Gasteiger partial charge in [0.05, 0.1) is 37.1 Å². The molecule has 2 heterocycles. The van der Waals surface area contributed by atoms with Crippen molar-refractivity contribution in [1.29, 1.82) is 0 Å². The number of aromatic carboxylic acids is 1. The number of thiazole rings is 1. The molecule has 168 valence electrons. The van der Waals surface area contributed by atoms with Crippen molar-refractivity contribution in [2.75, 3.05) is 26.6 Å². The topological polar surface area (TPSA) is 120 Å². The van der Waals surface area contributed by atoms with Gasteiger partial charge in [-0.05, 0) is 36.4 Å². The van der Waals surface area contributed by atoms with E-state index in [9.17, 15) is 14.7 Å². The first-order valence-corrected chi connectivity index (χ1v) is 10.5. The summed E-state index contributed by atoms with van der Waals surface area (Å²) in [6.07, 6.45) is 3.34. The number of carboxylic acids is 1. The van der Waals surface area contributed by atoms with Gasteiger partial charge in [-0.25, -0.2) is 9.78 Å². The van der Waals surface area contributed by atoms with Crippen LogP contribution in [0.3, 0.4) is 0 Å². The van der Waals surface area contributed by atoms with E-state index in [2.05, 4.69) is 15.3 Å². The lowest BCUT2D eigenvalue weighted by atomic mass is 10.1. The van der Waals surface area contributed by atoms with Crippen LogP contribution >= 0.6 is 11.3 Å². The van der Waals surface area contributed by atoms with Crippen LogP contribution in [-0.2, 0) is 0 Å². The highest BCUT2D eigenvalue weighted by Crippen LogP contribution is 2.38. The lowest BCUT2D eigenvalue weighted by Crippen LogP contribution is -2.13. The number of carbonyl (C=O) groups excluding carboxylic acids is 1. The van der Waals surface area contributed by atoms with E-state index in [4.69, 9.17) is 14.2 Å². The molecule has 0 bridgehead atoms. The predicted molar refractivity (Wildman–Crippen MR) is 124 cm³/mol. The summed E-state index contributed by atoms with van der Waals surface area (Å²) in [7, 11) is 4.38. The van der Waals surface area contributed by atoms with Crippen LogP contribution in [0.1, 0.15) is 20.7 Å². The van der Waals surface area contributed by atoms with Crippen molar-refractivity contribution in [3.8, 4) is 27.8 Å². The minimum absolute atomic E-state index is 0.0186. The molecule has 9 nitrogen and oxygen atoms in total. The Hall–Kier alpha value is -4.18. The summed E-state index contributed by atoms with van der Waals surface area (Å²) in [6.45, 7) is 0. The Bertz CT molecular complexity index is 1310. The molecule has 0 aliphatic heterocycles. The molecular formula is C23H19N3O6S. The zero-order valence-corrected chi connectivity index (χ0v) is 18.7. The third-order valence-corrected chi connectivity index (χ3v) is 5.86. The summed E-state index contributed by atoms with van der Waals surface area (Å²) < 4.78 is 16.8. The molecule has 0 spiro atoms. The Morgan fingerprint density at radius 3 is 2.30 bits per heavy atom. The molecule has 2 aromatic heterocycles. The number of fused-ring (bicyclic) bond motifs is 1. The van der Waals surface area contributed by atoms with Crippen LogP contribution in [0.4, 0.5) is 5.69 Å². The Labute approximate surface area is 192 Å². The van der Waals surface area contributed by atoms with Gasteiger partial charge in [-0.15, -0.1) is 11.3 Å². The molecule has 4 rings (SSSR count). The minimum atomic E-state index is -1.12. The van der Waals surface area contributed by atoms with E-state index in [0.717, 1.165) is 10.2 Å². The monoisotopic (exact) mass is 465 g/mol. The van der Waals surface area contributed by atoms with Gasteiger partial charge in [0.15, 0.2) is 11.5 Å². The second kappa shape index (κ2) is 9.13. The van der Waals surface area contributed by atoms with Crippen LogP contribution < -0.4 is 19.5 Å². The van der Waals surface area contributed by atoms with Gasteiger partial charge in [0.2, 0.25) is 5.75 Å². The van der Waals surface area contributed by atoms with E-state index < -0.39 is 11.9 Å². The molecule has 0 unspecified atom stereocenters. The van der Waals surface area contributed by atoms with E-state index in [1.165, 1.54) is 56.9 Å². The first-order chi connectivity index (χ1) is 15.9. The molecule has 0 atom stereocenters. The minimum Gasteiger partial charge on any atom is -0.493 e. The van der Waals surface area contributed by atoms with Crippen LogP contribution in [0, 0.1) is 0 Å². The molecule has 0 saturated carbocycles. The Kier molecular flexibility index (Phi) is 6.09. The molecule has 4 aromatic rings. The van der Waals surface area contributed by atoms with E-state index >= 15 is 0 Å². The number of anilines is 1. The number of rotatable bonds is 7. The summed E-state index contributed by atoms with van der Waals surface area (Å²) in [5, 5.41) is 12.9. The average Bonchev–Trinajstić information content (AvgIpc) is 3.27. The number of amides is 1. The van der Waals surface area contributed by atoms with E-state index in [1.807, 2.05) is 0 Å². The summed E-state index contributed by atoms with van der Waals surface area (Å²) in [5.41, 5.74) is 1.90. The number of nitrogens with one attached hydrogen (secondary N) is 1. The fraction of sp³-hybridized carbons (Fsp3) is 0.130. The lowest BCUT2D eigenvalue weighted by molar-refractivity contribution is 0.0696. The van der Waals surface area contributed by atoms with Gasteiger partial charge in [-0.2, -0.15) is 0 Å². The van der Waals surface area contributed by atoms with Crippen molar-refractivity contribution in [2.45, 2.75) is 0 Å². The molecule has 1 amide bonds. The van der Waals surface area contributed by atoms with Crippen molar-refractivity contribution in [1.82, 2.24) is 9.97 Å². The maximum absolute atomic E-state index is 13.0. The lowest BCUT2D eigenvalue weighted by Gasteiger charge is -2.14. The van der Waals surface area contributed by atoms with E-state index in [0.29, 0.717) is 33.5 Å². The normalized spacial score (nSPS) is 10.6. The number of ether oxygens (including phenoxy) is 3. The van der Waals surface area contributed by atoms with Gasteiger partial charge in [-0.3, -0.25) is 9.78 Å². The molecule has 0 fully saturated rings. The third kappa shape index (κ3) is 4.41. The van der Waals surface area contributed by atoms with Gasteiger partial charge >= 0.3 is 5.97 Å².